The maximum absolute atomic E-state index is 5.73. The van der Waals surface area contributed by atoms with Crippen LogP contribution in [0.1, 0.15) is 18.4 Å². The minimum atomic E-state index is 0.630. The number of rotatable bonds is 3. The molecule has 0 amide bonds. The highest BCUT2D eigenvalue weighted by Gasteiger charge is 2.22. The largest absolute Gasteiger partial charge is 0.347 e. The number of nitrogens with zero attached hydrogens (tertiary/aromatic N) is 1. The van der Waals surface area contributed by atoms with Crippen LogP contribution in [0, 0.1) is 5.92 Å². The minimum Gasteiger partial charge on any atom is -0.347 e. The van der Waals surface area contributed by atoms with Gasteiger partial charge in [0.05, 0.1) is 0 Å². The minimum absolute atomic E-state index is 0.630. The van der Waals surface area contributed by atoms with Crippen LogP contribution < -0.4 is 5.73 Å². The second kappa shape index (κ2) is 3.38. The predicted molar refractivity (Wildman–Crippen MR) is 62.6 cm³/mol. The quantitative estimate of drug-likeness (QED) is 0.811. The second-order valence-electron chi connectivity index (χ2n) is 4.47. The molecule has 1 aliphatic rings. The zero-order valence-corrected chi connectivity index (χ0v) is 8.82. The number of benzene rings is 1. The Balaban J connectivity index is 2.08. The van der Waals surface area contributed by atoms with Crippen molar-refractivity contribution in [3.05, 3.63) is 36.0 Å². The SMILES string of the molecule is NCc1cccc2c1ccn2CC1CC1. The summed E-state index contributed by atoms with van der Waals surface area (Å²) in [6.07, 6.45) is 4.99. The van der Waals surface area contributed by atoms with Crippen molar-refractivity contribution in [3.63, 3.8) is 0 Å². The molecule has 78 valence electrons. The Hall–Kier alpha value is -1.28. The zero-order valence-electron chi connectivity index (χ0n) is 8.82. The Morgan fingerprint density at radius 3 is 2.87 bits per heavy atom. The van der Waals surface area contributed by atoms with E-state index >= 15 is 0 Å². The summed E-state index contributed by atoms with van der Waals surface area (Å²) in [4.78, 5) is 0. The molecule has 0 atom stereocenters. The fraction of sp³-hybridized carbons (Fsp3) is 0.385. The molecule has 2 aromatic rings. The van der Waals surface area contributed by atoms with E-state index in [0.29, 0.717) is 6.54 Å². The van der Waals surface area contributed by atoms with Crippen LogP contribution in [0.25, 0.3) is 10.9 Å². The average molecular weight is 200 g/mol. The molecule has 0 spiro atoms. The summed E-state index contributed by atoms with van der Waals surface area (Å²) in [7, 11) is 0. The van der Waals surface area contributed by atoms with Gasteiger partial charge in [-0.15, -0.1) is 0 Å². The van der Waals surface area contributed by atoms with E-state index in [9.17, 15) is 0 Å². The highest BCUT2D eigenvalue weighted by atomic mass is 15.0. The summed E-state index contributed by atoms with van der Waals surface area (Å²) < 4.78 is 2.37. The van der Waals surface area contributed by atoms with Gasteiger partial charge in [0.25, 0.3) is 0 Å². The van der Waals surface area contributed by atoms with Crippen LogP contribution in [0.15, 0.2) is 30.5 Å². The molecule has 2 nitrogen and oxygen atoms in total. The lowest BCUT2D eigenvalue weighted by atomic mass is 10.1. The summed E-state index contributed by atoms with van der Waals surface area (Å²) in [5.74, 6) is 0.919. The number of nitrogens with two attached hydrogens (primary N) is 1. The van der Waals surface area contributed by atoms with Crippen LogP contribution in [0.4, 0.5) is 0 Å². The van der Waals surface area contributed by atoms with E-state index < -0.39 is 0 Å². The Morgan fingerprint density at radius 1 is 1.27 bits per heavy atom. The van der Waals surface area contributed by atoms with E-state index in [1.165, 1.54) is 35.9 Å². The van der Waals surface area contributed by atoms with Crippen LogP contribution in [0.5, 0.6) is 0 Å². The summed E-state index contributed by atoms with van der Waals surface area (Å²) in [6, 6.07) is 8.61. The van der Waals surface area contributed by atoms with E-state index in [0.717, 1.165) is 5.92 Å². The normalized spacial score (nSPS) is 16.1. The smallest absolute Gasteiger partial charge is 0.0483 e. The molecule has 1 aliphatic carbocycles. The Bertz CT molecular complexity index is 480. The molecule has 0 saturated heterocycles. The molecule has 1 fully saturated rings. The first-order chi connectivity index (χ1) is 7.38. The second-order valence-corrected chi connectivity index (χ2v) is 4.47. The first kappa shape index (κ1) is 8.98. The molecule has 1 aromatic heterocycles. The molecular formula is C13H16N2. The topological polar surface area (TPSA) is 30.9 Å². The summed E-state index contributed by atoms with van der Waals surface area (Å²) in [5.41, 5.74) is 8.32. The van der Waals surface area contributed by atoms with Gasteiger partial charge >= 0.3 is 0 Å². The number of aromatic nitrogens is 1. The van der Waals surface area contributed by atoms with Gasteiger partial charge in [0.1, 0.15) is 0 Å². The standard InChI is InChI=1S/C13H16N2/c14-8-11-2-1-3-13-12(11)6-7-15(13)9-10-4-5-10/h1-3,6-7,10H,4-5,8-9,14H2. The third kappa shape index (κ3) is 1.55. The lowest BCUT2D eigenvalue weighted by Gasteiger charge is -2.05. The van der Waals surface area contributed by atoms with Crippen LogP contribution in [0.2, 0.25) is 0 Å². The fourth-order valence-corrected chi connectivity index (χ4v) is 2.20. The number of hydrogen-bond acceptors (Lipinski definition) is 1. The maximum Gasteiger partial charge on any atom is 0.0483 e. The molecule has 0 unspecified atom stereocenters. The van der Waals surface area contributed by atoms with Crippen LogP contribution in [-0.2, 0) is 13.1 Å². The molecule has 1 saturated carbocycles. The molecule has 0 bridgehead atoms. The summed E-state index contributed by atoms with van der Waals surface area (Å²) in [5, 5.41) is 1.32. The van der Waals surface area contributed by atoms with Crippen molar-refractivity contribution >= 4 is 10.9 Å². The molecule has 2 heteroatoms. The third-order valence-corrected chi connectivity index (χ3v) is 3.28. The first-order valence-electron chi connectivity index (χ1n) is 5.65. The van der Waals surface area contributed by atoms with Crippen molar-refractivity contribution in [2.75, 3.05) is 0 Å². The van der Waals surface area contributed by atoms with Gasteiger partial charge < -0.3 is 10.3 Å². The van der Waals surface area contributed by atoms with E-state index in [-0.39, 0.29) is 0 Å². The predicted octanol–water partition coefficient (Wildman–Crippen LogP) is 2.51. The van der Waals surface area contributed by atoms with E-state index in [4.69, 9.17) is 5.73 Å². The van der Waals surface area contributed by atoms with Gasteiger partial charge in [-0.25, -0.2) is 0 Å². The van der Waals surface area contributed by atoms with Crippen LogP contribution >= 0.6 is 0 Å². The highest BCUT2D eigenvalue weighted by Crippen LogP contribution is 2.32. The van der Waals surface area contributed by atoms with Crippen molar-refractivity contribution in [1.82, 2.24) is 4.57 Å². The van der Waals surface area contributed by atoms with E-state index in [1.807, 2.05) is 0 Å². The molecule has 1 heterocycles. The van der Waals surface area contributed by atoms with Gasteiger partial charge in [0.2, 0.25) is 0 Å². The molecular weight excluding hydrogens is 184 g/mol. The number of hydrogen-bond donors (Lipinski definition) is 1. The molecule has 1 aromatic carbocycles. The Kier molecular flexibility index (Phi) is 2.03. The van der Waals surface area contributed by atoms with Gasteiger partial charge in [-0.2, -0.15) is 0 Å². The van der Waals surface area contributed by atoms with Gasteiger partial charge in [-0.3, -0.25) is 0 Å². The van der Waals surface area contributed by atoms with E-state index in [2.05, 4.69) is 35.0 Å². The van der Waals surface area contributed by atoms with Crippen molar-refractivity contribution < 1.29 is 0 Å². The van der Waals surface area contributed by atoms with Gasteiger partial charge in [-0.1, -0.05) is 12.1 Å². The number of fused-ring (bicyclic) bond motifs is 1. The van der Waals surface area contributed by atoms with Crippen molar-refractivity contribution in [3.8, 4) is 0 Å². The lowest BCUT2D eigenvalue weighted by molar-refractivity contribution is 0.647. The highest BCUT2D eigenvalue weighted by molar-refractivity contribution is 5.83. The average Bonchev–Trinajstić information content (AvgIpc) is 2.99. The van der Waals surface area contributed by atoms with Crippen molar-refractivity contribution in [1.29, 1.82) is 0 Å². The third-order valence-electron chi connectivity index (χ3n) is 3.28. The summed E-state index contributed by atoms with van der Waals surface area (Å²) >= 11 is 0. The Labute approximate surface area is 89.7 Å². The molecule has 3 rings (SSSR count). The molecule has 15 heavy (non-hydrogen) atoms. The molecule has 2 N–H and O–H groups in total. The summed E-state index contributed by atoms with van der Waals surface area (Å²) in [6.45, 7) is 1.81. The molecule has 0 aliphatic heterocycles. The zero-order chi connectivity index (χ0) is 10.3. The van der Waals surface area contributed by atoms with E-state index in [1.54, 1.807) is 0 Å². The van der Waals surface area contributed by atoms with Gasteiger partial charge in [-0.05, 0) is 36.5 Å². The maximum atomic E-state index is 5.73. The Morgan fingerprint density at radius 2 is 2.13 bits per heavy atom. The first-order valence-corrected chi connectivity index (χ1v) is 5.65. The van der Waals surface area contributed by atoms with Crippen LogP contribution in [-0.4, -0.2) is 4.57 Å². The van der Waals surface area contributed by atoms with Crippen LogP contribution in [0.3, 0.4) is 0 Å². The fourth-order valence-electron chi connectivity index (χ4n) is 2.20. The molecule has 0 radical (unpaired) electrons. The van der Waals surface area contributed by atoms with Crippen molar-refractivity contribution in [2.45, 2.75) is 25.9 Å². The van der Waals surface area contributed by atoms with Gasteiger partial charge in [0, 0.05) is 30.2 Å². The monoisotopic (exact) mass is 200 g/mol. The van der Waals surface area contributed by atoms with Gasteiger partial charge in [0.15, 0.2) is 0 Å². The van der Waals surface area contributed by atoms with Crippen molar-refractivity contribution in [2.24, 2.45) is 11.7 Å². The lowest BCUT2D eigenvalue weighted by Crippen LogP contribution is -1.99.